The van der Waals surface area contributed by atoms with E-state index in [-0.39, 0.29) is 16.8 Å². The molecule has 0 radical (unpaired) electrons. The van der Waals surface area contributed by atoms with E-state index in [0.717, 1.165) is 0 Å². The lowest BCUT2D eigenvalue weighted by Gasteiger charge is -2.04. The highest BCUT2D eigenvalue weighted by atomic mass is 79.9. The first-order valence-electron chi connectivity index (χ1n) is 5.12. The minimum Gasteiger partial charge on any atom is -0.468 e. The van der Waals surface area contributed by atoms with Gasteiger partial charge in [-0.3, -0.25) is 10.6 Å². The van der Waals surface area contributed by atoms with E-state index in [1.54, 1.807) is 13.0 Å². The van der Waals surface area contributed by atoms with E-state index in [0.29, 0.717) is 10.0 Å². The number of methoxy groups -OCH3 is 1. The maximum atomic E-state index is 12.6. The maximum Gasteiger partial charge on any atom is 0.323 e. The molecule has 0 aliphatic carbocycles. The lowest BCUT2D eigenvalue weighted by atomic mass is 10.2. The summed E-state index contributed by atoms with van der Waals surface area (Å²) in [5.74, 6) is 4.21. The molecular weight excluding hydrogens is 337 g/mol. The van der Waals surface area contributed by atoms with Crippen molar-refractivity contribution in [2.45, 2.75) is 13.0 Å². The Bertz CT molecular complexity index is 460. The van der Waals surface area contributed by atoms with Crippen molar-refractivity contribution in [2.24, 2.45) is 11.6 Å². The average molecular weight is 352 g/mol. The number of hydrogen-bond donors (Lipinski definition) is 3. The third-order valence-electron chi connectivity index (χ3n) is 2.00. The first-order valence-corrected chi connectivity index (χ1v) is 6.32. The van der Waals surface area contributed by atoms with Crippen molar-refractivity contribution < 1.29 is 13.9 Å². The zero-order valence-electron chi connectivity index (χ0n) is 10.4. The fraction of sp³-hybridized carbons (Fsp3) is 0.273. The molecule has 19 heavy (non-hydrogen) atoms. The van der Waals surface area contributed by atoms with Crippen LogP contribution in [0.4, 0.5) is 4.39 Å². The Morgan fingerprint density at radius 3 is 2.47 bits per heavy atom. The molecule has 0 fully saturated rings. The van der Waals surface area contributed by atoms with Gasteiger partial charge >= 0.3 is 5.97 Å². The molecule has 0 spiro atoms. The Morgan fingerprint density at radius 1 is 1.58 bits per heavy atom. The molecule has 0 bridgehead atoms. The molecule has 0 aliphatic heterocycles. The van der Waals surface area contributed by atoms with Crippen molar-refractivity contribution in [1.29, 1.82) is 0 Å². The van der Waals surface area contributed by atoms with Gasteiger partial charge in [-0.15, -0.1) is 0 Å². The quantitative estimate of drug-likeness (QED) is 0.328. The van der Waals surface area contributed by atoms with Crippen molar-refractivity contribution >= 4 is 39.1 Å². The molecule has 1 aromatic carbocycles. The number of benzene rings is 1. The van der Waals surface area contributed by atoms with E-state index < -0.39 is 6.04 Å². The summed E-state index contributed by atoms with van der Waals surface area (Å²) in [7, 11) is 1.32. The van der Waals surface area contributed by atoms with E-state index >= 15 is 0 Å². The number of hydrogen-bond acceptors (Lipinski definition) is 5. The fourth-order valence-corrected chi connectivity index (χ4v) is 1.69. The number of nitrogens with one attached hydrogen (secondary N) is 1. The third kappa shape index (κ3) is 6.58. The summed E-state index contributed by atoms with van der Waals surface area (Å²) < 4.78 is 17.6. The Morgan fingerprint density at radius 2 is 2.16 bits per heavy atom. The molecule has 0 saturated carbocycles. The molecule has 5 N–H and O–H groups in total. The van der Waals surface area contributed by atoms with Gasteiger partial charge in [0, 0.05) is 10.0 Å². The van der Waals surface area contributed by atoms with Crippen molar-refractivity contribution in [3.63, 3.8) is 0 Å². The van der Waals surface area contributed by atoms with Crippen LogP contribution in [-0.4, -0.2) is 24.1 Å². The summed E-state index contributed by atoms with van der Waals surface area (Å²) in [6.07, 6.45) is 0. The molecule has 0 heterocycles. The Kier molecular flexibility index (Phi) is 8.41. The zero-order chi connectivity index (χ0) is 15.0. The predicted octanol–water partition coefficient (Wildman–Crippen LogP) is 1.23. The van der Waals surface area contributed by atoms with Gasteiger partial charge in [0.15, 0.2) is 0 Å². The molecule has 5 nitrogen and oxygen atoms in total. The van der Waals surface area contributed by atoms with Gasteiger partial charge in [-0.1, -0.05) is 28.1 Å². The monoisotopic (exact) mass is 351 g/mol. The van der Waals surface area contributed by atoms with Crippen LogP contribution < -0.4 is 17.0 Å². The van der Waals surface area contributed by atoms with Crippen LogP contribution in [0.2, 0.25) is 0 Å². The zero-order valence-corrected chi connectivity index (χ0v) is 12.8. The van der Waals surface area contributed by atoms with Crippen molar-refractivity contribution in [1.82, 2.24) is 5.43 Å². The molecule has 8 heteroatoms. The number of ether oxygens (including phenoxy) is 1. The highest BCUT2D eigenvalue weighted by Gasteiger charge is 2.08. The van der Waals surface area contributed by atoms with Gasteiger partial charge < -0.3 is 10.5 Å². The first-order chi connectivity index (χ1) is 8.83. The van der Waals surface area contributed by atoms with Crippen LogP contribution in [0.3, 0.4) is 0 Å². The number of nitrogens with two attached hydrogens (primary N) is 2. The van der Waals surface area contributed by atoms with Crippen LogP contribution in [0.1, 0.15) is 12.5 Å². The summed E-state index contributed by atoms with van der Waals surface area (Å²) in [6, 6.07) is 3.79. The topological polar surface area (TPSA) is 90.4 Å². The summed E-state index contributed by atoms with van der Waals surface area (Å²) in [5.41, 5.74) is 8.09. The van der Waals surface area contributed by atoms with Crippen molar-refractivity contribution in [3.8, 4) is 0 Å². The summed E-state index contributed by atoms with van der Waals surface area (Å²) in [4.78, 5) is 10.6. The fourth-order valence-electron chi connectivity index (χ4n) is 0.931. The Labute approximate surface area is 124 Å². The molecule has 1 unspecified atom stereocenters. The molecule has 1 aromatic rings. The van der Waals surface area contributed by atoms with E-state index in [4.69, 9.17) is 23.8 Å². The Balaban J connectivity index is 0.000000362. The number of carbonyl (C=O) groups excluding carboxylic acids is 1. The molecule has 1 rings (SSSR count). The van der Waals surface area contributed by atoms with E-state index in [1.165, 1.54) is 19.2 Å². The average Bonchev–Trinajstić information content (AvgIpc) is 2.40. The van der Waals surface area contributed by atoms with E-state index in [9.17, 15) is 9.18 Å². The van der Waals surface area contributed by atoms with Crippen LogP contribution in [0.25, 0.3) is 0 Å². The summed E-state index contributed by atoms with van der Waals surface area (Å²) in [6.45, 7) is 1.62. The molecule has 0 amide bonds. The molecule has 106 valence electrons. The molecule has 0 saturated heterocycles. The minimum absolute atomic E-state index is 0.191. The van der Waals surface area contributed by atoms with Crippen LogP contribution in [-0.2, 0) is 9.53 Å². The maximum absolute atomic E-state index is 12.6. The van der Waals surface area contributed by atoms with Crippen LogP contribution in [0.5, 0.6) is 0 Å². The van der Waals surface area contributed by atoms with Crippen LogP contribution in [0, 0.1) is 5.82 Å². The summed E-state index contributed by atoms with van der Waals surface area (Å²) in [5, 5.41) is 0. The molecule has 1 atom stereocenters. The van der Waals surface area contributed by atoms with Gasteiger partial charge in [-0.05, 0) is 25.1 Å². The van der Waals surface area contributed by atoms with E-state index in [2.05, 4.69) is 26.1 Å². The number of esters is 1. The SMILES string of the molecule is COC(=O)C(C)NN.NC(=S)c1cc(F)ccc1Br. The highest BCUT2D eigenvalue weighted by Crippen LogP contribution is 2.17. The van der Waals surface area contributed by atoms with Gasteiger partial charge in [-0.2, -0.15) is 0 Å². The van der Waals surface area contributed by atoms with Crippen LogP contribution >= 0.6 is 28.1 Å². The number of rotatable bonds is 3. The summed E-state index contributed by atoms with van der Waals surface area (Å²) >= 11 is 7.89. The van der Waals surface area contributed by atoms with Crippen LogP contribution in [0.15, 0.2) is 22.7 Å². The van der Waals surface area contributed by atoms with Gasteiger partial charge in [0.2, 0.25) is 0 Å². The lowest BCUT2D eigenvalue weighted by molar-refractivity contribution is -0.142. The molecule has 0 aliphatic rings. The smallest absolute Gasteiger partial charge is 0.323 e. The third-order valence-corrected chi connectivity index (χ3v) is 2.91. The predicted molar refractivity (Wildman–Crippen MR) is 78.8 cm³/mol. The molecule has 0 aromatic heterocycles. The van der Waals surface area contributed by atoms with Crippen molar-refractivity contribution in [3.05, 3.63) is 34.1 Å². The number of thiocarbonyl (C=S) groups is 1. The lowest BCUT2D eigenvalue weighted by Crippen LogP contribution is -2.39. The largest absolute Gasteiger partial charge is 0.468 e. The second-order valence-electron chi connectivity index (χ2n) is 3.40. The molecular formula is C11H15BrFN3O2S. The number of halogens is 2. The van der Waals surface area contributed by atoms with Gasteiger partial charge in [-0.25, -0.2) is 9.82 Å². The van der Waals surface area contributed by atoms with Gasteiger partial charge in [0.1, 0.15) is 16.8 Å². The van der Waals surface area contributed by atoms with Gasteiger partial charge in [0.25, 0.3) is 0 Å². The second kappa shape index (κ2) is 8.92. The van der Waals surface area contributed by atoms with Crippen molar-refractivity contribution in [2.75, 3.05) is 7.11 Å². The van der Waals surface area contributed by atoms with Gasteiger partial charge in [0.05, 0.1) is 7.11 Å². The highest BCUT2D eigenvalue weighted by molar-refractivity contribution is 9.10. The number of hydrazine groups is 1. The first kappa shape index (κ1) is 17.9. The van der Waals surface area contributed by atoms with E-state index in [1.807, 2.05) is 0 Å². The number of carbonyl (C=O) groups is 1. The minimum atomic E-state index is -0.417. The standard InChI is InChI=1S/C7H5BrFNS.C4H10N2O2/c8-6-2-1-4(9)3-5(6)7(10)11;1-3(6-5)4(7)8-2/h1-3H,(H2,10,11);3,6H,5H2,1-2H3. The second-order valence-corrected chi connectivity index (χ2v) is 4.69. The normalized spacial score (nSPS) is 11.0. The Hall–Kier alpha value is -1.09.